The Balaban J connectivity index is 1.78. The van der Waals surface area contributed by atoms with E-state index in [4.69, 9.17) is 4.74 Å². The molecule has 0 radical (unpaired) electrons. The molecule has 0 saturated heterocycles. The van der Waals surface area contributed by atoms with E-state index in [2.05, 4.69) is 57.6 Å². The van der Waals surface area contributed by atoms with E-state index in [1.165, 1.54) is 19.6 Å². The second kappa shape index (κ2) is 7.94. The number of ether oxygens (including phenoxy) is 1. The smallest absolute Gasteiger partial charge is 0.0633 e. The van der Waals surface area contributed by atoms with Crippen LogP contribution in [0, 0.1) is 0 Å². The van der Waals surface area contributed by atoms with Crippen LogP contribution in [-0.2, 0) is 4.74 Å². The van der Waals surface area contributed by atoms with Crippen LogP contribution in [0.5, 0.6) is 0 Å². The molecular weight excluding hydrogens is 394 g/mol. The van der Waals surface area contributed by atoms with Crippen molar-refractivity contribution in [3.63, 3.8) is 0 Å². The van der Waals surface area contributed by atoms with Crippen molar-refractivity contribution in [3.05, 3.63) is 40.9 Å². The molecule has 23 heavy (non-hydrogen) atoms. The van der Waals surface area contributed by atoms with Gasteiger partial charge < -0.3 is 15.2 Å². The Morgan fingerprint density at radius 2 is 2.04 bits per heavy atom. The van der Waals surface area contributed by atoms with Crippen molar-refractivity contribution < 1.29 is 9.84 Å². The van der Waals surface area contributed by atoms with E-state index >= 15 is 0 Å². The lowest BCUT2D eigenvalue weighted by molar-refractivity contribution is 0.174. The van der Waals surface area contributed by atoms with Gasteiger partial charge in [-0.05, 0) is 52.7 Å². The summed E-state index contributed by atoms with van der Waals surface area (Å²) in [7, 11) is 1.68. The molecular formula is C17H18BrNO2S2. The minimum atomic E-state index is 0.00988. The summed E-state index contributed by atoms with van der Waals surface area (Å²) in [5.41, 5.74) is 1.03. The van der Waals surface area contributed by atoms with Crippen molar-refractivity contribution in [2.24, 2.45) is 0 Å². The Hall–Kier alpha value is -0.660. The number of halogens is 1. The predicted octanol–water partition coefficient (Wildman–Crippen LogP) is 4.87. The van der Waals surface area contributed by atoms with Crippen LogP contribution in [0.4, 0.5) is 5.69 Å². The van der Waals surface area contributed by atoms with Gasteiger partial charge in [0.15, 0.2) is 0 Å². The summed E-state index contributed by atoms with van der Waals surface area (Å²) in [5.74, 6) is 0. The standard InChI is InChI=1S/C17H18BrNO2S2/c1-21-8-7-12(10-20)19-11-5-6-14-16(9-11)22-15-4-2-3-13(18)17(15)23-14/h2-6,9,12,19-20H,7-8,10H2,1H3. The number of nitrogens with one attached hydrogen (secondary N) is 1. The molecule has 0 bridgehead atoms. The zero-order chi connectivity index (χ0) is 16.2. The Morgan fingerprint density at radius 3 is 2.83 bits per heavy atom. The summed E-state index contributed by atoms with van der Waals surface area (Å²) >= 11 is 7.21. The third-order valence-electron chi connectivity index (χ3n) is 3.57. The minimum Gasteiger partial charge on any atom is -0.394 e. The number of fused-ring (bicyclic) bond motifs is 2. The van der Waals surface area contributed by atoms with Gasteiger partial charge in [0.25, 0.3) is 0 Å². The number of hydrogen-bond acceptors (Lipinski definition) is 5. The summed E-state index contributed by atoms with van der Waals surface area (Å²) in [6.07, 6.45) is 0.780. The van der Waals surface area contributed by atoms with Crippen LogP contribution in [0.15, 0.2) is 60.5 Å². The lowest BCUT2D eigenvalue weighted by atomic mass is 10.2. The molecule has 1 aliphatic heterocycles. The quantitative estimate of drug-likeness (QED) is 0.605. The second-order valence-corrected chi connectivity index (χ2v) is 8.23. The molecule has 0 aromatic heterocycles. The van der Waals surface area contributed by atoms with Crippen LogP contribution < -0.4 is 5.32 Å². The Morgan fingerprint density at radius 1 is 1.17 bits per heavy atom. The van der Waals surface area contributed by atoms with Crippen LogP contribution in [0.3, 0.4) is 0 Å². The molecule has 6 heteroatoms. The second-order valence-electron chi connectivity index (χ2n) is 5.24. The van der Waals surface area contributed by atoms with Gasteiger partial charge in [-0.25, -0.2) is 0 Å². The van der Waals surface area contributed by atoms with Gasteiger partial charge in [-0.2, -0.15) is 0 Å². The maximum atomic E-state index is 9.48. The molecule has 122 valence electrons. The van der Waals surface area contributed by atoms with Gasteiger partial charge in [-0.15, -0.1) is 0 Å². The maximum absolute atomic E-state index is 9.48. The number of aliphatic hydroxyl groups is 1. The van der Waals surface area contributed by atoms with Gasteiger partial charge in [0.2, 0.25) is 0 Å². The highest BCUT2D eigenvalue weighted by Gasteiger charge is 2.19. The van der Waals surface area contributed by atoms with E-state index in [-0.39, 0.29) is 12.6 Å². The zero-order valence-corrected chi connectivity index (χ0v) is 15.9. The third kappa shape index (κ3) is 4.06. The number of methoxy groups -OCH3 is 1. The van der Waals surface area contributed by atoms with Crippen molar-refractivity contribution in [1.82, 2.24) is 0 Å². The van der Waals surface area contributed by atoms with Crippen LogP contribution in [0.1, 0.15) is 6.42 Å². The molecule has 0 fully saturated rings. The Bertz CT molecular complexity index is 696. The molecule has 0 spiro atoms. The maximum Gasteiger partial charge on any atom is 0.0633 e. The fourth-order valence-corrected chi connectivity index (χ4v) is 5.39. The highest BCUT2D eigenvalue weighted by molar-refractivity contribution is 9.10. The molecule has 0 saturated carbocycles. The van der Waals surface area contributed by atoms with E-state index in [0.29, 0.717) is 6.61 Å². The van der Waals surface area contributed by atoms with Crippen LogP contribution in [-0.4, -0.2) is 31.5 Å². The number of benzene rings is 2. The lowest BCUT2D eigenvalue weighted by Gasteiger charge is -2.22. The van der Waals surface area contributed by atoms with Crippen molar-refractivity contribution in [2.75, 3.05) is 25.6 Å². The molecule has 0 amide bonds. The Kier molecular flexibility index (Phi) is 5.93. The van der Waals surface area contributed by atoms with Gasteiger partial charge in [0.05, 0.1) is 12.6 Å². The van der Waals surface area contributed by atoms with Gasteiger partial charge in [0.1, 0.15) is 0 Å². The fourth-order valence-electron chi connectivity index (χ4n) is 2.36. The third-order valence-corrected chi connectivity index (χ3v) is 7.09. The number of rotatable bonds is 6. The molecule has 0 aliphatic carbocycles. The summed E-state index contributed by atoms with van der Waals surface area (Å²) in [5, 5.41) is 12.9. The van der Waals surface area contributed by atoms with Gasteiger partial charge in [0, 0.05) is 43.5 Å². The largest absolute Gasteiger partial charge is 0.394 e. The number of aliphatic hydroxyl groups excluding tert-OH is 1. The first kappa shape index (κ1) is 17.2. The van der Waals surface area contributed by atoms with Gasteiger partial charge in [-0.3, -0.25) is 0 Å². The van der Waals surface area contributed by atoms with E-state index in [1.807, 2.05) is 0 Å². The first-order chi connectivity index (χ1) is 11.2. The summed E-state index contributed by atoms with van der Waals surface area (Å²) in [4.78, 5) is 5.05. The van der Waals surface area contributed by atoms with Crippen molar-refractivity contribution in [1.29, 1.82) is 0 Å². The van der Waals surface area contributed by atoms with Crippen molar-refractivity contribution in [3.8, 4) is 0 Å². The number of hydrogen-bond donors (Lipinski definition) is 2. The average molecular weight is 412 g/mol. The van der Waals surface area contributed by atoms with Gasteiger partial charge >= 0.3 is 0 Å². The van der Waals surface area contributed by atoms with E-state index in [9.17, 15) is 5.11 Å². The van der Waals surface area contributed by atoms with Crippen LogP contribution in [0.2, 0.25) is 0 Å². The minimum absolute atomic E-state index is 0.00988. The Labute approximate surface area is 153 Å². The molecule has 1 unspecified atom stereocenters. The molecule has 3 nitrogen and oxygen atoms in total. The topological polar surface area (TPSA) is 41.5 Å². The molecule has 1 aliphatic rings. The highest BCUT2D eigenvalue weighted by Crippen LogP contribution is 2.51. The lowest BCUT2D eigenvalue weighted by Crippen LogP contribution is -2.25. The SMILES string of the molecule is COCCC(CO)Nc1ccc2c(c1)Sc1cccc(Br)c1S2. The average Bonchev–Trinajstić information content (AvgIpc) is 2.57. The molecule has 2 aromatic carbocycles. The monoisotopic (exact) mass is 411 g/mol. The van der Waals surface area contributed by atoms with Crippen molar-refractivity contribution >= 4 is 45.1 Å². The van der Waals surface area contributed by atoms with Crippen LogP contribution >= 0.6 is 39.5 Å². The van der Waals surface area contributed by atoms with E-state index in [0.717, 1.165) is 16.6 Å². The molecule has 1 heterocycles. The van der Waals surface area contributed by atoms with E-state index < -0.39 is 0 Å². The summed E-state index contributed by atoms with van der Waals surface area (Å²) in [6, 6.07) is 12.7. The van der Waals surface area contributed by atoms with Crippen LogP contribution in [0.25, 0.3) is 0 Å². The molecule has 2 N–H and O–H groups in total. The summed E-state index contributed by atoms with van der Waals surface area (Å²) in [6.45, 7) is 0.729. The normalized spacial score (nSPS) is 14.0. The molecule has 1 atom stereocenters. The fraction of sp³-hybridized carbons (Fsp3) is 0.294. The first-order valence-corrected chi connectivity index (χ1v) is 9.78. The zero-order valence-electron chi connectivity index (χ0n) is 12.7. The molecule has 2 aromatic rings. The molecule has 3 rings (SSSR count). The predicted molar refractivity (Wildman–Crippen MR) is 99.8 cm³/mol. The summed E-state index contributed by atoms with van der Waals surface area (Å²) < 4.78 is 6.23. The van der Waals surface area contributed by atoms with Gasteiger partial charge in [-0.1, -0.05) is 29.6 Å². The van der Waals surface area contributed by atoms with Crippen molar-refractivity contribution in [2.45, 2.75) is 32.0 Å². The first-order valence-electron chi connectivity index (χ1n) is 7.36. The highest BCUT2D eigenvalue weighted by atomic mass is 79.9. The van der Waals surface area contributed by atoms with E-state index in [1.54, 1.807) is 30.6 Å². The number of anilines is 1.